The number of para-hydroxylation sites is 1. The van der Waals surface area contributed by atoms with Gasteiger partial charge in [0.05, 0.1) is 27.5 Å². The second-order valence-electron chi connectivity index (χ2n) is 6.53. The number of hydrogen-bond acceptors (Lipinski definition) is 4. The zero-order valence-electron chi connectivity index (χ0n) is 15.6. The summed E-state index contributed by atoms with van der Waals surface area (Å²) in [5.41, 5.74) is 3.49. The van der Waals surface area contributed by atoms with Crippen molar-refractivity contribution in [1.29, 1.82) is 5.26 Å². The Morgan fingerprint density at radius 2 is 1.90 bits per heavy atom. The van der Waals surface area contributed by atoms with E-state index in [1.807, 2.05) is 54.6 Å². The van der Waals surface area contributed by atoms with Gasteiger partial charge < -0.3 is 9.64 Å². The number of anilines is 1. The van der Waals surface area contributed by atoms with Gasteiger partial charge in [0.1, 0.15) is 18.0 Å². The number of ether oxygens (including phenoxy) is 1. The molecule has 0 radical (unpaired) electrons. The standard InChI is InChI=1S/C23H16BrN3O2/c1-27-20-12-21(29-17-8-3-2-4-9-17)19(24)11-18(20)23(26-14-22(27)28)16-7-5-6-15(10-16)13-25/h2-12H,14H2,1H3. The van der Waals surface area contributed by atoms with E-state index in [-0.39, 0.29) is 12.5 Å². The molecule has 0 aliphatic carbocycles. The summed E-state index contributed by atoms with van der Waals surface area (Å²) in [5.74, 6) is 1.18. The van der Waals surface area contributed by atoms with Gasteiger partial charge in [-0.25, -0.2) is 0 Å². The first-order valence-electron chi connectivity index (χ1n) is 8.95. The van der Waals surface area contributed by atoms with Crippen molar-refractivity contribution in [3.8, 4) is 17.6 Å². The Labute approximate surface area is 177 Å². The van der Waals surface area contributed by atoms with E-state index in [9.17, 15) is 10.1 Å². The number of carbonyl (C=O) groups excluding carboxylic acids is 1. The lowest BCUT2D eigenvalue weighted by molar-refractivity contribution is -0.116. The van der Waals surface area contributed by atoms with Crippen LogP contribution in [0.5, 0.6) is 11.5 Å². The Morgan fingerprint density at radius 3 is 2.66 bits per heavy atom. The maximum Gasteiger partial charge on any atom is 0.248 e. The SMILES string of the molecule is CN1C(=O)CN=C(c2cccc(C#N)c2)c2cc(Br)c(Oc3ccccc3)cc21. The third-order valence-electron chi connectivity index (χ3n) is 4.65. The van der Waals surface area contributed by atoms with Crippen molar-refractivity contribution >= 4 is 33.2 Å². The molecule has 0 N–H and O–H groups in total. The van der Waals surface area contributed by atoms with E-state index in [2.05, 4.69) is 27.0 Å². The quantitative estimate of drug-likeness (QED) is 0.573. The minimum absolute atomic E-state index is 0.0315. The number of amides is 1. The summed E-state index contributed by atoms with van der Waals surface area (Å²) in [7, 11) is 1.73. The number of nitrogens with zero attached hydrogens (tertiary/aromatic N) is 3. The summed E-state index contributed by atoms with van der Waals surface area (Å²) < 4.78 is 6.75. The van der Waals surface area contributed by atoms with Crippen molar-refractivity contribution in [3.63, 3.8) is 0 Å². The van der Waals surface area contributed by atoms with Crippen LogP contribution in [-0.4, -0.2) is 25.2 Å². The summed E-state index contributed by atoms with van der Waals surface area (Å²) in [5, 5.41) is 9.24. The van der Waals surface area contributed by atoms with Gasteiger partial charge in [-0.3, -0.25) is 9.79 Å². The predicted molar refractivity (Wildman–Crippen MR) is 116 cm³/mol. The molecule has 1 aliphatic rings. The van der Waals surface area contributed by atoms with Crippen molar-refractivity contribution in [2.24, 2.45) is 4.99 Å². The van der Waals surface area contributed by atoms with Crippen LogP contribution in [0.3, 0.4) is 0 Å². The Kier molecular flexibility index (Phi) is 5.15. The summed E-state index contributed by atoms with van der Waals surface area (Å²) in [6.45, 7) is 0.0315. The summed E-state index contributed by atoms with van der Waals surface area (Å²) in [6.07, 6.45) is 0. The molecule has 0 bridgehead atoms. The van der Waals surface area contributed by atoms with E-state index in [4.69, 9.17) is 4.74 Å². The van der Waals surface area contributed by atoms with Crippen LogP contribution in [0.2, 0.25) is 0 Å². The molecule has 0 fully saturated rings. The Morgan fingerprint density at radius 1 is 1.10 bits per heavy atom. The van der Waals surface area contributed by atoms with E-state index in [0.717, 1.165) is 15.6 Å². The molecule has 0 spiro atoms. The number of rotatable bonds is 3. The second-order valence-corrected chi connectivity index (χ2v) is 7.38. The first-order chi connectivity index (χ1) is 14.1. The zero-order chi connectivity index (χ0) is 20.4. The van der Waals surface area contributed by atoms with E-state index in [1.165, 1.54) is 0 Å². The normalized spacial score (nSPS) is 13.2. The molecule has 142 valence electrons. The smallest absolute Gasteiger partial charge is 0.248 e. The molecule has 0 saturated heterocycles. The van der Waals surface area contributed by atoms with Gasteiger partial charge in [-0.1, -0.05) is 30.3 Å². The lowest BCUT2D eigenvalue weighted by Gasteiger charge is -2.20. The third kappa shape index (κ3) is 3.78. The fourth-order valence-corrected chi connectivity index (χ4v) is 3.58. The minimum atomic E-state index is -0.120. The number of fused-ring (bicyclic) bond motifs is 1. The average Bonchev–Trinajstić information content (AvgIpc) is 2.86. The molecule has 0 atom stereocenters. The summed E-state index contributed by atoms with van der Waals surface area (Å²) in [4.78, 5) is 18.7. The number of nitriles is 1. The molecule has 0 unspecified atom stereocenters. The maximum absolute atomic E-state index is 12.5. The van der Waals surface area contributed by atoms with Gasteiger partial charge in [-0.05, 0) is 46.3 Å². The van der Waals surface area contributed by atoms with Gasteiger partial charge in [0.25, 0.3) is 0 Å². The number of benzodiazepines with no additional fused rings is 1. The Hall–Kier alpha value is -3.43. The van der Waals surface area contributed by atoms with Crippen LogP contribution in [0.25, 0.3) is 0 Å². The van der Waals surface area contributed by atoms with Gasteiger partial charge in [0.2, 0.25) is 5.91 Å². The highest BCUT2D eigenvalue weighted by atomic mass is 79.9. The molecule has 0 aromatic heterocycles. The lowest BCUT2D eigenvalue weighted by atomic mass is 9.98. The number of aliphatic imine (C=N–C) groups is 1. The molecule has 1 heterocycles. The highest BCUT2D eigenvalue weighted by Gasteiger charge is 2.25. The van der Waals surface area contributed by atoms with Crippen LogP contribution >= 0.6 is 15.9 Å². The molecule has 0 saturated carbocycles. The third-order valence-corrected chi connectivity index (χ3v) is 5.27. The number of halogens is 1. The number of hydrogen-bond donors (Lipinski definition) is 0. The lowest BCUT2D eigenvalue weighted by Crippen LogP contribution is -2.27. The molecule has 5 nitrogen and oxygen atoms in total. The fourth-order valence-electron chi connectivity index (χ4n) is 3.16. The van der Waals surface area contributed by atoms with E-state index in [0.29, 0.717) is 28.5 Å². The molecule has 6 heteroatoms. The van der Waals surface area contributed by atoms with Gasteiger partial charge in [0.15, 0.2) is 0 Å². The molecule has 1 aliphatic heterocycles. The minimum Gasteiger partial charge on any atom is -0.456 e. The van der Waals surface area contributed by atoms with Crippen molar-refractivity contribution in [2.75, 3.05) is 18.5 Å². The Bertz CT molecular complexity index is 1170. The summed E-state index contributed by atoms with van der Waals surface area (Å²) >= 11 is 3.59. The van der Waals surface area contributed by atoms with E-state index in [1.54, 1.807) is 24.1 Å². The van der Waals surface area contributed by atoms with Crippen LogP contribution in [-0.2, 0) is 4.79 Å². The molecule has 29 heavy (non-hydrogen) atoms. The van der Waals surface area contributed by atoms with E-state index >= 15 is 0 Å². The number of benzene rings is 3. The maximum atomic E-state index is 12.5. The fraction of sp³-hybridized carbons (Fsp3) is 0.0870. The molecular formula is C23H16BrN3O2. The van der Waals surface area contributed by atoms with Crippen LogP contribution < -0.4 is 9.64 Å². The largest absolute Gasteiger partial charge is 0.456 e. The van der Waals surface area contributed by atoms with Crippen LogP contribution in [0.1, 0.15) is 16.7 Å². The number of carbonyl (C=O) groups is 1. The average molecular weight is 446 g/mol. The molecule has 3 aromatic carbocycles. The van der Waals surface area contributed by atoms with Crippen molar-refractivity contribution in [2.45, 2.75) is 0 Å². The topological polar surface area (TPSA) is 65.7 Å². The van der Waals surface area contributed by atoms with Gasteiger partial charge in [-0.15, -0.1) is 0 Å². The highest BCUT2D eigenvalue weighted by molar-refractivity contribution is 9.10. The highest BCUT2D eigenvalue weighted by Crippen LogP contribution is 2.38. The molecule has 1 amide bonds. The second kappa shape index (κ2) is 7.90. The first kappa shape index (κ1) is 18.9. The number of likely N-dealkylation sites (N-methyl/N-ethyl adjacent to an activating group) is 1. The van der Waals surface area contributed by atoms with E-state index < -0.39 is 0 Å². The summed E-state index contributed by atoms with van der Waals surface area (Å²) in [6, 6.07) is 22.6. The van der Waals surface area contributed by atoms with Gasteiger partial charge in [-0.2, -0.15) is 5.26 Å². The molecule has 3 aromatic rings. The first-order valence-corrected chi connectivity index (χ1v) is 9.74. The van der Waals surface area contributed by atoms with Gasteiger partial charge >= 0.3 is 0 Å². The van der Waals surface area contributed by atoms with Gasteiger partial charge in [0, 0.05) is 24.2 Å². The predicted octanol–water partition coefficient (Wildman–Crippen LogP) is 4.93. The van der Waals surface area contributed by atoms with Crippen molar-refractivity contribution < 1.29 is 9.53 Å². The Balaban J connectivity index is 1.85. The molecular weight excluding hydrogens is 430 g/mol. The molecule has 4 rings (SSSR count). The van der Waals surface area contributed by atoms with Crippen LogP contribution in [0.15, 0.2) is 76.2 Å². The van der Waals surface area contributed by atoms with Crippen molar-refractivity contribution in [1.82, 2.24) is 0 Å². The van der Waals surface area contributed by atoms with Crippen LogP contribution in [0.4, 0.5) is 5.69 Å². The zero-order valence-corrected chi connectivity index (χ0v) is 17.2. The van der Waals surface area contributed by atoms with Crippen molar-refractivity contribution in [3.05, 3.63) is 87.9 Å². The van der Waals surface area contributed by atoms with Crippen LogP contribution in [0, 0.1) is 11.3 Å². The monoisotopic (exact) mass is 445 g/mol.